The van der Waals surface area contributed by atoms with Crippen molar-refractivity contribution in [2.75, 3.05) is 11.9 Å². The zero-order valence-electron chi connectivity index (χ0n) is 17.2. The highest BCUT2D eigenvalue weighted by atomic mass is 16.5. The van der Waals surface area contributed by atoms with E-state index in [2.05, 4.69) is 25.2 Å². The Hall–Kier alpha value is -3.08. The summed E-state index contributed by atoms with van der Waals surface area (Å²) in [6.07, 6.45) is 3.91. The van der Waals surface area contributed by atoms with Gasteiger partial charge >= 0.3 is 5.97 Å². The molecular weight excluding hydrogens is 366 g/mol. The lowest BCUT2D eigenvalue weighted by molar-refractivity contribution is 0.0498. The van der Waals surface area contributed by atoms with Crippen molar-refractivity contribution in [1.29, 1.82) is 0 Å². The fourth-order valence-corrected chi connectivity index (χ4v) is 3.18. The first-order valence-electron chi connectivity index (χ1n) is 10.1. The Morgan fingerprint density at radius 1 is 1.03 bits per heavy atom. The monoisotopic (exact) mass is 393 g/mol. The van der Waals surface area contributed by atoms with Crippen LogP contribution in [0, 0.1) is 6.92 Å². The topological polar surface area (TPSA) is 68.5 Å². The molecule has 1 heterocycles. The van der Waals surface area contributed by atoms with Crippen molar-refractivity contribution in [3.8, 4) is 0 Å². The summed E-state index contributed by atoms with van der Waals surface area (Å²) in [7, 11) is 0. The number of unbranched alkanes of at least 4 members (excludes halogenated alkanes) is 2. The van der Waals surface area contributed by atoms with Crippen LogP contribution >= 0.6 is 0 Å². The smallest absolute Gasteiger partial charge is 0.338 e. The van der Waals surface area contributed by atoms with Gasteiger partial charge in [-0.25, -0.2) is 4.79 Å². The molecule has 1 N–H and O–H groups in total. The van der Waals surface area contributed by atoms with Crippen molar-refractivity contribution < 1.29 is 18.7 Å². The molecule has 0 unspecified atom stereocenters. The predicted molar refractivity (Wildman–Crippen MR) is 115 cm³/mol. The summed E-state index contributed by atoms with van der Waals surface area (Å²) < 4.78 is 11.0. The second-order valence-electron chi connectivity index (χ2n) is 7.11. The van der Waals surface area contributed by atoms with Gasteiger partial charge in [-0.3, -0.25) is 4.79 Å². The lowest BCUT2D eigenvalue weighted by Crippen LogP contribution is -2.12. The fourth-order valence-electron chi connectivity index (χ4n) is 3.18. The highest BCUT2D eigenvalue weighted by Crippen LogP contribution is 2.27. The Morgan fingerprint density at radius 2 is 1.79 bits per heavy atom. The number of furan rings is 1. The lowest BCUT2D eigenvalue weighted by Gasteiger charge is -2.07. The number of anilines is 1. The van der Waals surface area contributed by atoms with E-state index in [9.17, 15) is 9.59 Å². The van der Waals surface area contributed by atoms with Gasteiger partial charge in [0.05, 0.1) is 12.2 Å². The second-order valence-corrected chi connectivity index (χ2v) is 7.11. The van der Waals surface area contributed by atoms with Crippen molar-refractivity contribution in [3.63, 3.8) is 0 Å². The summed E-state index contributed by atoms with van der Waals surface area (Å²) >= 11 is 0. The minimum Gasteiger partial charge on any atom is -0.462 e. The maximum atomic E-state index is 12.7. The van der Waals surface area contributed by atoms with E-state index in [0.717, 1.165) is 36.6 Å². The maximum absolute atomic E-state index is 12.7. The van der Waals surface area contributed by atoms with E-state index in [1.54, 1.807) is 24.3 Å². The minimum atomic E-state index is -0.348. The highest BCUT2D eigenvalue weighted by Gasteiger charge is 2.18. The Bertz CT molecular complexity index is 1000. The number of esters is 1. The van der Waals surface area contributed by atoms with E-state index in [-0.39, 0.29) is 11.9 Å². The molecule has 0 saturated carbocycles. The number of ether oxygens (including phenoxy) is 1. The largest absolute Gasteiger partial charge is 0.462 e. The van der Waals surface area contributed by atoms with E-state index in [0.29, 0.717) is 29.2 Å². The van der Waals surface area contributed by atoms with Gasteiger partial charge < -0.3 is 14.5 Å². The predicted octanol–water partition coefficient (Wildman–Crippen LogP) is 5.90. The molecule has 1 aromatic heterocycles. The zero-order valence-corrected chi connectivity index (χ0v) is 17.2. The van der Waals surface area contributed by atoms with Gasteiger partial charge in [-0.1, -0.05) is 32.8 Å². The van der Waals surface area contributed by atoms with Gasteiger partial charge in [-0.2, -0.15) is 0 Å². The molecule has 0 bridgehead atoms. The molecular formula is C24H27NO4. The second kappa shape index (κ2) is 9.41. The van der Waals surface area contributed by atoms with Crippen LogP contribution in [0.4, 0.5) is 5.69 Å². The SMILES string of the molecule is CCCCCOC(=O)c1ccc(NC(=O)c2oc3ccc(CC)cc3c2C)cc1. The van der Waals surface area contributed by atoms with Crippen LogP contribution < -0.4 is 5.32 Å². The summed E-state index contributed by atoms with van der Waals surface area (Å²) in [6, 6.07) is 12.6. The lowest BCUT2D eigenvalue weighted by atomic mass is 10.1. The average Bonchev–Trinajstić information content (AvgIpc) is 3.07. The van der Waals surface area contributed by atoms with Crippen molar-refractivity contribution >= 4 is 28.5 Å². The van der Waals surface area contributed by atoms with E-state index >= 15 is 0 Å². The summed E-state index contributed by atoms with van der Waals surface area (Å²) in [5, 5.41) is 3.78. The Balaban J connectivity index is 1.67. The fraction of sp³-hybridized carbons (Fsp3) is 0.333. The number of hydrogen-bond donors (Lipinski definition) is 1. The maximum Gasteiger partial charge on any atom is 0.338 e. The Kier molecular flexibility index (Phi) is 6.70. The molecule has 2 aromatic carbocycles. The van der Waals surface area contributed by atoms with E-state index in [1.807, 2.05) is 19.1 Å². The molecule has 0 saturated heterocycles. The van der Waals surface area contributed by atoms with E-state index < -0.39 is 0 Å². The summed E-state index contributed by atoms with van der Waals surface area (Å²) in [6.45, 7) is 6.51. The first-order chi connectivity index (χ1) is 14.0. The molecule has 5 heteroatoms. The van der Waals surface area contributed by atoms with Gasteiger partial charge in [0.1, 0.15) is 5.58 Å². The molecule has 1 amide bonds. The van der Waals surface area contributed by atoms with Crippen LogP contribution in [0.3, 0.4) is 0 Å². The quantitative estimate of drug-likeness (QED) is 0.382. The summed E-state index contributed by atoms with van der Waals surface area (Å²) in [5.74, 6) is -0.363. The van der Waals surface area contributed by atoms with Crippen LogP contribution in [0.2, 0.25) is 0 Å². The standard InChI is InChI=1S/C24H27NO4/c1-4-6-7-14-28-24(27)18-9-11-19(12-10-18)25-23(26)22-16(3)20-15-17(5-2)8-13-21(20)29-22/h8-13,15H,4-7,14H2,1-3H3,(H,25,26). The van der Waals surface area contributed by atoms with Gasteiger partial charge in [0, 0.05) is 16.6 Å². The van der Waals surface area contributed by atoms with Crippen LogP contribution in [0.5, 0.6) is 0 Å². The highest BCUT2D eigenvalue weighted by molar-refractivity contribution is 6.06. The van der Waals surface area contributed by atoms with Crippen LogP contribution in [-0.2, 0) is 11.2 Å². The van der Waals surface area contributed by atoms with Crippen molar-refractivity contribution in [1.82, 2.24) is 0 Å². The zero-order chi connectivity index (χ0) is 20.8. The number of nitrogens with one attached hydrogen (secondary N) is 1. The molecule has 3 rings (SSSR count). The molecule has 0 spiro atoms. The third-order valence-corrected chi connectivity index (χ3v) is 4.97. The number of fused-ring (bicyclic) bond motifs is 1. The van der Waals surface area contributed by atoms with Gasteiger partial charge in [0.15, 0.2) is 5.76 Å². The van der Waals surface area contributed by atoms with Crippen molar-refractivity contribution in [2.24, 2.45) is 0 Å². The molecule has 0 aliphatic heterocycles. The average molecular weight is 393 g/mol. The number of amides is 1. The first kappa shape index (κ1) is 20.6. The van der Waals surface area contributed by atoms with Crippen LogP contribution in [-0.4, -0.2) is 18.5 Å². The van der Waals surface area contributed by atoms with Gasteiger partial charge in [-0.05, 0) is 61.7 Å². The number of aryl methyl sites for hydroxylation is 2. The van der Waals surface area contributed by atoms with Crippen LogP contribution in [0.1, 0.15) is 65.1 Å². The number of benzene rings is 2. The normalized spacial score (nSPS) is 10.9. The van der Waals surface area contributed by atoms with Gasteiger partial charge in [-0.15, -0.1) is 0 Å². The summed E-state index contributed by atoms with van der Waals surface area (Å²) in [5.41, 5.74) is 3.77. The van der Waals surface area contributed by atoms with Gasteiger partial charge in [0.2, 0.25) is 0 Å². The molecule has 0 fully saturated rings. The van der Waals surface area contributed by atoms with E-state index in [1.165, 1.54) is 5.56 Å². The number of carbonyl (C=O) groups is 2. The Morgan fingerprint density at radius 3 is 2.48 bits per heavy atom. The number of hydrogen-bond acceptors (Lipinski definition) is 4. The molecule has 0 atom stereocenters. The number of carbonyl (C=O) groups excluding carboxylic acids is 2. The third-order valence-electron chi connectivity index (χ3n) is 4.97. The van der Waals surface area contributed by atoms with Crippen molar-refractivity contribution in [2.45, 2.75) is 46.5 Å². The molecule has 3 aromatic rings. The molecule has 5 nitrogen and oxygen atoms in total. The molecule has 0 aliphatic carbocycles. The molecule has 0 aliphatic rings. The van der Waals surface area contributed by atoms with Crippen molar-refractivity contribution in [3.05, 3.63) is 64.9 Å². The van der Waals surface area contributed by atoms with Gasteiger partial charge in [0.25, 0.3) is 5.91 Å². The molecule has 152 valence electrons. The van der Waals surface area contributed by atoms with Crippen LogP contribution in [0.15, 0.2) is 46.9 Å². The molecule has 0 radical (unpaired) electrons. The van der Waals surface area contributed by atoms with E-state index in [4.69, 9.17) is 9.15 Å². The first-order valence-corrected chi connectivity index (χ1v) is 10.1. The Labute approximate surface area is 171 Å². The molecule has 29 heavy (non-hydrogen) atoms. The summed E-state index contributed by atoms with van der Waals surface area (Å²) in [4.78, 5) is 24.7. The van der Waals surface area contributed by atoms with Crippen LogP contribution in [0.25, 0.3) is 11.0 Å². The number of rotatable bonds is 8. The minimum absolute atomic E-state index is 0.299. The third kappa shape index (κ3) is 4.86.